The normalized spacial score (nSPS) is 15.5. The Hall–Kier alpha value is -10.1. The number of benzene rings is 2. The Morgan fingerprint density at radius 2 is 1.10 bits per heavy atom. The summed E-state index contributed by atoms with van der Waals surface area (Å²) in [4.78, 5) is 210. The van der Waals surface area contributed by atoms with E-state index < -0.39 is 218 Å². The Kier molecular flexibility index (Phi) is 35.2. The second-order valence-electron chi connectivity index (χ2n) is 25.3. The fraction of sp³-hybridized carbons (Fsp3) is 0.552. The van der Waals surface area contributed by atoms with Crippen LogP contribution in [0.1, 0.15) is 111 Å². The van der Waals surface area contributed by atoms with Crippen molar-refractivity contribution in [2.45, 2.75) is 179 Å². The zero-order valence-electron chi connectivity index (χ0n) is 64.4. The predicted molar refractivity (Wildman–Crippen MR) is 393 cm³/mol. The van der Waals surface area contributed by atoms with Crippen LogP contribution in [0.3, 0.4) is 0 Å². The molecule has 0 unspecified atom stereocenters. The molecule has 0 spiro atoms. The van der Waals surface area contributed by atoms with Crippen molar-refractivity contribution in [1.82, 2.24) is 68.8 Å². The molecule has 3 rings (SSSR count). The predicted octanol–water partition coefficient (Wildman–Crippen LogP) is -4.75. The summed E-state index contributed by atoms with van der Waals surface area (Å²) >= 11 is 1.37. The number of guanidine groups is 1. The number of carboxylic acids is 1. The lowest BCUT2D eigenvalue weighted by Gasteiger charge is -2.29. The van der Waals surface area contributed by atoms with E-state index in [2.05, 4.69) is 73.8 Å². The highest BCUT2D eigenvalue weighted by Crippen LogP contribution is 2.20. The average molecular weight is 1520 g/mol. The largest absolute Gasteiger partial charge is 0.480 e. The molecule has 14 amide bonds. The van der Waals surface area contributed by atoms with E-state index in [1.165, 1.54) is 39.5 Å². The second kappa shape index (κ2) is 45.9. The lowest BCUT2D eigenvalue weighted by molar-refractivity contribution is -0.142. The number of nitrogens with one attached hydrogen (secondary N) is 13. The number of hydrogen-bond acceptors (Lipinski definition) is 20. The summed E-state index contributed by atoms with van der Waals surface area (Å²) in [7, 11) is 0. The van der Waals surface area contributed by atoms with Gasteiger partial charge in [0, 0.05) is 55.5 Å². The molecule has 3 aromatic rings. The summed E-state index contributed by atoms with van der Waals surface area (Å²) in [5, 5.41) is 50.3. The molecule has 0 aliphatic carbocycles. The molecule has 0 aliphatic rings. The Bertz CT molecular complexity index is 3730. The van der Waals surface area contributed by atoms with Crippen LogP contribution in [0, 0.1) is 11.8 Å². The van der Waals surface area contributed by atoms with Gasteiger partial charge in [0.2, 0.25) is 82.7 Å². The number of rotatable bonds is 48. The number of primary amides is 2. The molecule has 105 heavy (non-hydrogen) atoms. The molecule has 1 aromatic heterocycles. The molecule has 0 saturated carbocycles. The number of para-hydroxylation sites is 1. The number of nitrogens with two attached hydrogens (primary N) is 5. The quantitative estimate of drug-likeness (QED) is 0.0143. The molecule has 12 atom stereocenters. The third kappa shape index (κ3) is 32.2. The fourth-order valence-electron chi connectivity index (χ4n) is 10.2. The van der Waals surface area contributed by atoms with E-state index in [1.807, 2.05) is 0 Å². The zero-order chi connectivity index (χ0) is 82.9. The standard InChI is InChI=1S/C67H103N19O17S2/c1-9-105-33-50(85-58(94)43(21-22-51(69)88)80-61(97)47(27-38-16-11-10-12-17-38)82-60(96)46(26-34(2)3)78-53(90)31-75-57(93)41(68)29-52(70)89)64(100)86-54(35(4)5)65(101)84-49(32-87)63(99)77-36(6)55(91)76-37(7)56(92)79-44(23-25-104-8)59(95)83-48(28-39-30-74-42-19-14-13-18-40(39)42)62(98)81-45(66(102)103)20-15-24-73-67(71)72/h10-14,16-19,30,34-37,41,43-50,54,74,87H,9,15,20-29,31-33,68H2,1-8H3,(H2,69,88)(H2,70,89)(H,75,93)(H,76,91)(H,77,99)(H,78,90)(H,79,92)(H,80,97)(H,81,98)(H,82,96)(H,83,95)(H,84,101)(H,85,94)(H,86,100)(H,102,103)(H4,71,72,73)/t36-,37-,41-,43-,44-,45-,46-,47-,48-,49-,50-,54-/m0/s1/i1D3,9D2. The molecule has 2 aromatic carbocycles. The Morgan fingerprint density at radius 3 is 1.68 bits per heavy atom. The van der Waals surface area contributed by atoms with Crippen LogP contribution in [-0.4, -0.2) is 225 Å². The van der Waals surface area contributed by atoms with E-state index in [0.29, 0.717) is 27.8 Å². The SMILES string of the molecule is [2H]C([2H])([2H])C([2H])([2H])SC[C@H](NC(=O)[C@H](CCC(N)=O)NC(=O)[C@H](Cc1ccccc1)NC(=O)[C@H](CC(C)C)NC(=O)CNC(=O)[C@@H](N)CC(N)=O)C(=O)N[C@H](C(=O)N[C@@H](CO)C(=O)N[C@@H](C)C(=O)N[C@@H](C)C(=O)N[C@@H](CCSC)C(=O)N[C@@H](Cc1c[nH]c2ccccc12)C(=O)N[C@@H](CCCN=C(N)N)C(=O)O)C(C)C. The molecule has 25 N–H and O–H groups in total. The number of carboxylic acid groups (broad SMARTS) is 1. The number of aliphatic carboxylic acids is 1. The monoisotopic (exact) mass is 1510 g/mol. The van der Waals surface area contributed by atoms with Gasteiger partial charge in [0.1, 0.15) is 66.5 Å². The molecular formula is C67H103N19O17S2. The summed E-state index contributed by atoms with van der Waals surface area (Å²) in [5.74, 6) is -17.5. The molecule has 0 radical (unpaired) electrons. The lowest BCUT2D eigenvalue weighted by atomic mass is 10.0. The first kappa shape index (κ1) is 80.6. The maximum absolute atomic E-state index is 14.5. The van der Waals surface area contributed by atoms with Gasteiger partial charge in [-0.2, -0.15) is 23.5 Å². The number of carbonyl (C=O) groups excluding carboxylic acids is 14. The first-order chi connectivity index (χ1) is 51.5. The third-order valence-corrected chi connectivity index (χ3v) is 17.1. The zero-order valence-corrected chi connectivity index (χ0v) is 61.1. The maximum Gasteiger partial charge on any atom is 0.326 e. The highest BCUT2D eigenvalue weighted by molar-refractivity contribution is 7.99. The molecule has 0 fully saturated rings. The van der Waals surface area contributed by atoms with E-state index in [4.69, 9.17) is 35.5 Å². The van der Waals surface area contributed by atoms with Gasteiger partial charge in [-0.1, -0.05) is 83.1 Å². The van der Waals surface area contributed by atoms with Crippen molar-refractivity contribution < 1.29 is 89.0 Å². The van der Waals surface area contributed by atoms with Gasteiger partial charge in [0.15, 0.2) is 5.96 Å². The van der Waals surface area contributed by atoms with Crippen LogP contribution in [0.2, 0.25) is 0 Å². The van der Waals surface area contributed by atoms with Crippen LogP contribution in [-0.2, 0) is 84.8 Å². The number of thioether (sulfide) groups is 2. The summed E-state index contributed by atoms with van der Waals surface area (Å²) in [6.07, 6.45) is 1.30. The summed E-state index contributed by atoms with van der Waals surface area (Å²) in [6.45, 7) is 3.61. The molecule has 36 nitrogen and oxygen atoms in total. The Labute approximate surface area is 623 Å². The van der Waals surface area contributed by atoms with Crippen LogP contribution in [0.4, 0.5) is 0 Å². The number of H-pyrrole nitrogens is 1. The topological polar surface area (TPSA) is 599 Å². The number of aliphatic hydroxyl groups excluding tert-OH is 1. The van der Waals surface area contributed by atoms with Gasteiger partial charge in [-0.25, -0.2) is 4.79 Å². The van der Waals surface area contributed by atoms with Crippen LogP contribution >= 0.6 is 23.5 Å². The lowest BCUT2D eigenvalue weighted by Crippen LogP contribution is -2.62. The van der Waals surface area contributed by atoms with Crippen molar-refractivity contribution in [2.75, 3.05) is 43.2 Å². The number of nitrogens with zero attached hydrogens (tertiary/aromatic N) is 1. The van der Waals surface area contributed by atoms with Gasteiger partial charge >= 0.3 is 5.97 Å². The molecular weight excluding hydrogens is 1410 g/mol. The number of fused-ring (bicyclic) bond motifs is 1. The van der Waals surface area contributed by atoms with E-state index in [1.54, 1.807) is 80.9 Å². The van der Waals surface area contributed by atoms with Crippen molar-refractivity contribution in [3.63, 3.8) is 0 Å². The van der Waals surface area contributed by atoms with Crippen molar-refractivity contribution in [3.8, 4) is 0 Å². The Balaban J connectivity index is 1.85. The number of carbonyl (C=O) groups is 15. The smallest absolute Gasteiger partial charge is 0.326 e. The minimum atomic E-state index is -3.33. The minimum absolute atomic E-state index is 0.00220. The number of aliphatic hydroxyl groups is 1. The number of hydrogen-bond donors (Lipinski definition) is 20. The van der Waals surface area contributed by atoms with Gasteiger partial charge in [0.25, 0.3) is 0 Å². The molecule has 38 heteroatoms. The van der Waals surface area contributed by atoms with Crippen molar-refractivity contribution in [1.29, 1.82) is 0 Å². The molecule has 1 heterocycles. The average Bonchev–Trinajstić information content (AvgIpc) is 1.32. The van der Waals surface area contributed by atoms with Crippen molar-refractivity contribution in [2.24, 2.45) is 45.5 Å². The number of amides is 14. The first-order valence-electron chi connectivity index (χ1n) is 36.0. The number of aliphatic imine (C=N–C) groups is 1. The number of aromatic nitrogens is 1. The number of aromatic amines is 1. The highest BCUT2D eigenvalue weighted by Gasteiger charge is 2.37. The van der Waals surface area contributed by atoms with E-state index in [0.717, 1.165) is 0 Å². The van der Waals surface area contributed by atoms with Gasteiger partial charge in [0.05, 0.1) is 25.6 Å². The van der Waals surface area contributed by atoms with Crippen LogP contribution < -0.4 is 92.5 Å². The van der Waals surface area contributed by atoms with Crippen LogP contribution in [0.25, 0.3) is 10.9 Å². The van der Waals surface area contributed by atoms with Crippen LogP contribution in [0.5, 0.6) is 0 Å². The van der Waals surface area contributed by atoms with Crippen molar-refractivity contribution >= 4 is 129 Å². The maximum atomic E-state index is 14.5. The van der Waals surface area contributed by atoms with E-state index in [-0.39, 0.29) is 68.7 Å². The summed E-state index contributed by atoms with van der Waals surface area (Å²) in [5.41, 5.74) is 25.7. The highest BCUT2D eigenvalue weighted by atomic mass is 32.2. The van der Waals surface area contributed by atoms with Gasteiger partial charge in [-0.15, -0.1) is 0 Å². The molecule has 580 valence electrons. The third-order valence-electron chi connectivity index (χ3n) is 15.8. The fourth-order valence-corrected chi connectivity index (χ4v) is 11.1. The van der Waals surface area contributed by atoms with E-state index >= 15 is 0 Å². The van der Waals surface area contributed by atoms with Gasteiger partial charge < -0.3 is 108 Å². The molecule has 0 bridgehead atoms. The van der Waals surface area contributed by atoms with Crippen molar-refractivity contribution in [3.05, 3.63) is 71.9 Å². The molecule has 0 saturated heterocycles. The minimum Gasteiger partial charge on any atom is -0.480 e. The van der Waals surface area contributed by atoms with Crippen LogP contribution in [0.15, 0.2) is 65.8 Å². The summed E-state index contributed by atoms with van der Waals surface area (Å²) in [6, 6.07) is -3.63. The van der Waals surface area contributed by atoms with Gasteiger partial charge in [-0.05, 0) is 92.7 Å². The summed E-state index contributed by atoms with van der Waals surface area (Å²) < 4.78 is 40.0. The second-order valence-corrected chi connectivity index (χ2v) is 27.1. The Morgan fingerprint density at radius 1 is 0.571 bits per heavy atom. The first-order valence-corrected chi connectivity index (χ1v) is 35.9. The van der Waals surface area contributed by atoms with E-state index in [9.17, 15) is 82.1 Å². The molecule has 0 aliphatic heterocycles. The van der Waals surface area contributed by atoms with Gasteiger partial charge in [-0.3, -0.25) is 72.1 Å².